The molecular formula is C14H11N3Se. The van der Waals surface area contributed by atoms with Gasteiger partial charge in [-0.25, -0.2) is 0 Å². The van der Waals surface area contributed by atoms with Gasteiger partial charge in [0.25, 0.3) is 0 Å². The van der Waals surface area contributed by atoms with Gasteiger partial charge in [0.05, 0.1) is 0 Å². The maximum atomic E-state index is 4.25. The zero-order valence-electron chi connectivity index (χ0n) is 9.58. The zero-order chi connectivity index (χ0) is 12.2. The van der Waals surface area contributed by atoms with Crippen LogP contribution in [0.3, 0.4) is 0 Å². The average Bonchev–Trinajstić information content (AvgIpc) is 2.89. The van der Waals surface area contributed by atoms with Crippen LogP contribution < -0.4 is 5.32 Å². The van der Waals surface area contributed by atoms with Gasteiger partial charge in [-0.3, -0.25) is 0 Å². The monoisotopic (exact) mass is 301 g/mol. The van der Waals surface area contributed by atoms with Gasteiger partial charge in [0.1, 0.15) is 0 Å². The Hall–Kier alpha value is -1.90. The van der Waals surface area contributed by atoms with Crippen LogP contribution >= 0.6 is 0 Å². The number of nitrogens with zero attached hydrogens (tertiary/aromatic N) is 2. The second kappa shape index (κ2) is 5.17. The van der Waals surface area contributed by atoms with Crippen LogP contribution in [0.15, 0.2) is 60.7 Å². The topological polar surface area (TPSA) is 37.8 Å². The third kappa shape index (κ3) is 2.50. The van der Waals surface area contributed by atoms with Crippen LogP contribution in [-0.2, 0) is 0 Å². The van der Waals surface area contributed by atoms with E-state index in [1.807, 2.05) is 48.5 Å². The second-order valence-corrected chi connectivity index (χ2v) is 5.82. The summed E-state index contributed by atoms with van der Waals surface area (Å²) >= 11 is 0.150. The molecule has 2 aromatic carbocycles. The molecule has 0 spiro atoms. The molecule has 0 aliphatic rings. The molecule has 18 heavy (non-hydrogen) atoms. The molecule has 0 aliphatic heterocycles. The van der Waals surface area contributed by atoms with Crippen LogP contribution in [0, 0.1) is 0 Å². The summed E-state index contributed by atoms with van der Waals surface area (Å²) < 4.78 is 2.02. The molecule has 0 saturated carbocycles. The van der Waals surface area contributed by atoms with Gasteiger partial charge in [0, 0.05) is 0 Å². The quantitative estimate of drug-likeness (QED) is 0.756. The van der Waals surface area contributed by atoms with Crippen molar-refractivity contribution >= 4 is 24.9 Å². The fraction of sp³-hybridized carbons (Fsp3) is 0. The summed E-state index contributed by atoms with van der Waals surface area (Å²) in [7, 11) is 0. The Bertz CT molecular complexity index is 620. The number of hydrogen-bond donors (Lipinski definition) is 1. The summed E-state index contributed by atoms with van der Waals surface area (Å²) in [6, 6.07) is 20.3. The molecule has 3 nitrogen and oxygen atoms in total. The van der Waals surface area contributed by atoms with Crippen LogP contribution in [0.25, 0.3) is 10.1 Å². The number of anilines is 2. The van der Waals surface area contributed by atoms with E-state index in [4.69, 9.17) is 0 Å². The van der Waals surface area contributed by atoms with Gasteiger partial charge >= 0.3 is 111 Å². The predicted octanol–water partition coefficient (Wildman–Crippen LogP) is 2.94. The van der Waals surface area contributed by atoms with Gasteiger partial charge in [-0.2, -0.15) is 0 Å². The molecule has 1 N–H and O–H groups in total. The Kier molecular flexibility index (Phi) is 3.22. The van der Waals surface area contributed by atoms with E-state index in [9.17, 15) is 0 Å². The molecule has 0 unspecified atom stereocenters. The minimum absolute atomic E-state index is 0.150. The fourth-order valence-corrected chi connectivity index (χ4v) is 3.23. The number of para-hydroxylation sites is 1. The van der Waals surface area contributed by atoms with Crippen molar-refractivity contribution in [2.45, 2.75) is 0 Å². The summed E-state index contributed by atoms with van der Waals surface area (Å²) in [5.41, 5.74) is 2.22. The van der Waals surface area contributed by atoms with Gasteiger partial charge in [0.2, 0.25) is 0 Å². The van der Waals surface area contributed by atoms with Gasteiger partial charge < -0.3 is 0 Å². The standard InChI is InChI=1S/C14H11N3Se/c1-3-7-11(8-4-1)13-16-17-14(18-13)15-12-9-5-2-6-10-12/h1-10H,(H,15,17). The van der Waals surface area contributed by atoms with E-state index in [0.29, 0.717) is 0 Å². The van der Waals surface area contributed by atoms with Gasteiger partial charge in [-0.15, -0.1) is 0 Å². The molecule has 0 bridgehead atoms. The van der Waals surface area contributed by atoms with Crippen molar-refractivity contribution in [2.24, 2.45) is 0 Å². The molecule has 3 rings (SSSR count). The first-order valence-corrected chi connectivity index (χ1v) is 7.34. The molecule has 4 heteroatoms. The van der Waals surface area contributed by atoms with Crippen molar-refractivity contribution in [1.82, 2.24) is 10.2 Å². The van der Waals surface area contributed by atoms with Crippen LogP contribution in [0.5, 0.6) is 0 Å². The SMILES string of the molecule is c1ccc(Nc2nnc(-c3ccccc3)[se]2)cc1. The normalized spacial score (nSPS) is 10.2. The van der Waals surface area contributed by atoms with E-state index in [1.165, 1.54) is 0 Å². The molecule has 1 heterocycles. The number of nitrogens with one attached hydrogen (secondary N) is 1. The van der Waals surface area contributed by atoms with Crippen molar-refractivity contribution in [1.29, 1.82) is 0 Å². The first kappa shape index (κ1) is 11.2. The van der Waals surface area contributed by atoms with Gasteiger partial charge in [-0.05, 0) is 0 Å². The number of rotatable bonds is 3. The van der Waals surface area contributed by atoms with E-state index < -0.39 is 0 Å². The molecule has 0 radical (unpaired) electrons. The van der Waals surface area contributed by atoms with E-state index in [-0.39, 0.29) is 14.5 Å². The molecule has 0 atom stereocenters. The first-order valence-electron chi connectivity index (χ1n) is 5.63. The second-order valence-electron chi connectivity index (χ2n) is 3.77. The van der Waals surface area contributed by atoms with Crippen LogP contribution in [0.4, 0.5) is 10.4 Å². The van der Waals surface area contributed by atoms with Crippen molar-refractivity contribution in [3.63, 3.8) is 0 Å². The summed E-state index contributed by atoms with van der Waals surface area (Å²) in [4.78, 5) is 0. The van der Waals surface area contributed by atoms with Crippen LogP contribution in [0.2, 0.25) is 0 Å². The summed E-state index contributed by atoms with van der Waals surface area (Å²) in [6.07, 6.45) is 0. The number of aromatic nitrogens is 2. The molecule has 0 amide bonds. The van der Waals surface area contributed by atoms with E-state index in [2.05, 4.69) is 27.6 Å². The van der Waals surface area contributed by atoms with Crippen LogP contribution in [-0.4, -0.2) is 24.7 Å². The Morgan fingerprint density at radius 3 is 2.17 bits per heavy atom. The number of hydrogen-bond acceptors (Lipinski definition) is 3. The predicted molar refractivity (Wildman–Crippen MR) is 74.1 cm³/mol. The molecule has 0 fully saturated rings. The Morgan fingerprint density at radius 2 is 1.44 bits per heavy atom. The Morgan fingerprint density at radius 1 is 0.778 bits per heavy atom. The third-order valence-corrected chi connectivity index (χ3v) is 4.33. The number of benzene rings is 2. The van der Waals surface area contributed by atoms with Gasteiger partial charge in [0.15, 0.2) is 0 Å². The molecule has 0 aliphatic carbocycles. The van der Waals surface area contributed by atoms with Crippen LogP contribution in [0.1, 0.15) is 0 Å². The summed E-state index contributed by atoms with van der Waals surface area (Å²) in [6.45, 7) is 0. The zero-order valence-corrected chi connectivity index (χ0v) is 11.3. The molecule has 3 aromatic rings. The molecule has 0 saturated heterocycles. The minimum atomic E-state index is 0.150. The summed E-state index contributed by atoms with van der Waals surface area (Å²) in [5.74, 6) is 0. The molecule has 1 aromatic heterocycles. The Balaban J connectivity index is 1.82. The van der Waals surface area contributed by atoms with Crippen molar-refractivity contribution in [3.05, 3.63) is 60.7 Å². The fourth-order valence-electron chi connectivity index (χ4n) is 1.62. The van der Waals surface area contributed by atoms with Crippen molar-refractivity contribution in [3.8, 4) is 10.1 Å². The maximum absolute atomic E-state index is 4.25. The van der Waals surface area contributed by atoms with E-state index >= 15 is 0 Å². The van der Waals surface area contributed by atoms with Crippen molar-refractivity contribution < 1.29 is 0 Å². The van der Waals surface area contributed by atoms with E-state index in [1.54, 1.807) is 0 Å². The molecule has 88 valence electrons. The molecular weight excluding hydrogens is 289 g/mol. The summed E-state index contributed by atoms with van der Waals surface area (Å²) in [5, 5.41) is 11.8. The average molecular weight is 300 g/mol. The van der Waals surface area contributed by atoms with Gasteiger partial charge in [-0.1, -0.05) is 0 Å². The van der Waals surface area contributed by atoms with Crippen molar-refractivity contribution in [2.75, 3.05) is 5.32 Å². The third-order valence-electron chi connectivity index (χ3n) is 2.47. The Labute approximate surface area is 111 Å². The first-order chi connectivity index (χ1) is 8.92. The van der Waals surface area contributed by atoms with E-state index in [0.717, 1.165) is 20.5 Å².